The van der Waals surface area contributed by atoms with Crippen LogP contribution in [0.3, 0.4) is 0 Å². The van der Waals surface area contributed by atoms with Crippen LogP contribution in [-0.2, 0) is 16.1 Å². The quantitative estimate of drug-likeness (QED) is 0.808. The van der Waals surface area contributed by atoms with Gasteiger partial charge in [0.05, 0.1) is 26.9 Å². The van der Waals surface area contributed by atoms with Crippen molar-refractivity contribution in [2.45, 2.75) is 19.5 Å². The number of carbonyl (C=O) groups is 1. The Morgan fingerprint density at radius 1 is 1.48 bits per heavy atom. The van der Waals surface area contributed by atoms with Crippen molar-refractivity contribution in [1.29, 1.82) is 0 Å². The summed E-state index contributed by atoms with van der Waals surface area (Å²) in [5.41, 5.74) is 0.962. The smallest absolute Gasteiger partial charge is 0.239 e. The SMILES string of the molecule is CCOc1cc(CNC(=O)C2COCCN2)ccc1OC. The van der Waals surface area contributed by atoms with Gasteiger partial charge in [-0.2, -0.15) is 0 Å². The van der Waals surface area contributed by atoms with Crippen LogP contribution in [0.15, 0.2) is 18.2 Å². The van der Waals surface area contributed by atoms with Gasteiger partial charge in [0, 0.05) is 13.1 Å². The van der Waals surface area contributed by atoms with Crippen LogP contribution < -0.4 is 20.1 Å². The first-order valence-corrected chi connectivity index (χ1v) is 7.13. The summed E-state index contributed by atoms with van der Waals surface area (Å²) in [6.07, 6.45) is 0. The van der Waals surface area contributed by atoms with Crippen LogP contribution in [0.4, 0.5) is 0 Å². The van der Waals surface area contributed by atoms with Crippen molar-refractivity contribution in [3.8, 4) is 11.5 Å². The lowest BCUT2D eigenvalue weighted by atomic mass is 10.2. The molecular formula is C15H22N2O4. The highest BCUT2D eigenvalue weighted by Gasteiger charge is 2.20. The molecule has 6 heteroatoms. The van der Waals surface area contributed by atoms with Crippen molar-refractivity contribution >= 4 is 5.91 Å². The molecule has 1 atom stereocenters. The largest absolute Gasteiger partial charge is 0.493 e. The molecule has 0 saturated carbocycles. The van der Waals surface area contributed by atoms with Gasteiger partial charge in [-0.25, -0.2) is 0 Å². The highest BCUT2D eigenvalue weighted by atomic mass is 16.5. The molecule has 2 N–H and O–H groups in total. The van der Waals surface area contributed by atoms with Crippen molar-refractivity contribution in [2.75, 3.05) is 33.5 Å². The lowest BCUT2D eigenvalue weighted by Crippen LogP contribution is -2.51. The molecule has 1 heterocycles. The third kappa shape index (κ3) is 4.34. The molecule has 0 bridgehead atoms. The monoisotopic (exact) mass is 294 g/mol. The number of amides is 1. The molecule has 1 aromatic rings. The Morgan fingerprint density at radius 3 is 3.00 bits per heavy atom. The van der Waals surface area contributed by atoms with E-state index in [1.165, 1.54) is 0 Å². The second kappa shape index (κ2) is 7.85. The molecule has 0 aromatic heterocycles. The summed E-state index contributed by atoms with van der Waals surface area (Å²) in [7, 11) is 1.61. The number of hydrogen-bond acceptors (Lipinski definition) is 5. The Morgan fingerprint density at radius 2 is 2.33 bits per heavy atom. The molecule has 1 aromatic carbocycles. The second-order valence-electron chi connectivity index (χ2n) is 4.72. The summed E-state index contributed by atoms with van der Waals surface area (Å²) < 4.78 is 16.0. The fraction of sp³-hybridized carbons (Fsp3) is 0.533. The predicted octanol–water partition coefficient (Wildman–Crippen LogP) is 0.699. The van der Waals surface area contributed by atoms with Gasteiger partial charge in [-0.15, -0.1) is 0 Å². The minimum Gasteiger partial charge on any atom is -0.493 e. The number of morpholine rings is 1. The van der Waals surface area contributed by atoms with Crippen LogP contribution in [0.2, 0.25) is 0 Å². The maximum absolute atomic E-state index is 12.0. The summed E-state index contributed by atoms with van der Waals surface area (Å²) >= 11 is 0. The van der Waals surface area contributed by atoms with Crippen LogP contribution in [0.25, 0.3) is 0 Å². The lowest BCUT2D eigenvalue weighted by molar-refractivity contribution is -0.126. The van der Waals surface area contributed by atoms with Gasteiger partial charge in [-0.1, -0.05) is 6.07 Å². The van der Waals surface area contributed by atoms with Gasteiger partial charge in [0.25, 0.3) is 0 Å². The molecule has 1 unspecified atom stereocenters. The molecule has 1 aliphatic rings. The fourth-order valence-corrected chi connectivity index (χ4v) is 2.15. The van der Waals surface area contributed by atoms with E-state index in [0.717, 1.165) is 5.56 Å². The summed E-state index contributed by atoms with van der Waals surface area (Å²) in [5, 5.41) is 6.02. The maximum Gasteiger partial charge on any atom is 0.239 e. The zero-order chi connectivity index (χ0) is 15.1. The number of nitrogens with one attached hydrogen (secondary N) is 2. The Hall–Kier alpha value is -1.79. The average Bonchev–Trinajstić information content (AvgIpc) is 2.54. The molecule has 1 saturated heterocycles. The molecule has 0 aliphatic carbocycles. The molecule has 1 aliphatic heterocycles. The standard InChI is InChI=1S/C15H22N2O4/c1-3-21-14-8-11(4-5-13(14)19-2)9-17-15(18)12-10-20-7-6-16-12/h4-5,8,12,16H,3,6-7,9-10H2,1-2H3,(H,17,18). The molecule has 6 nitrogen and oxygen atoms in total. The van der Waals surface area contributed by atoms with E-state index in [2.05, 4.69) is 10.6 Å². The number of benzene rings is 1. The van der Waals surface area contributed by atoms with Crippen molar-refractivity contribution in [1.82, 2.24) is 10.6 Å². The Balaban J connectivity index is 1.92. The summed E-state index contributed by atoms with van der Waals surface area (Å²) in [5.74, 6) is 1.32. The van der Waals surface area contributed by atoms with E-state index in [4.69, 9.17) is 14.2 Å². The van der Waals surface area contributed by atoms with Crippen molar-refractivity contribution in [2.24, 2.45) is 0 Å². The lowest BCUT2D eigenvalue weighted by Gasteiger charge is -2.23. The van der Waals surface area contributed by atoms with Gasteiger partial charge in [-0.3, -0.25) is 4.79 Å². The van der Waals surface area contributed by atoms with Crippen molar-refractivity contribution in [3.63, 3.8) is 0 Å². The van der Waals surface area contributed by atoms with Gasteiger partial charge in [0.1, 0.15) is 6.04 Å². The molecule has 21 heavy (non-hydrogen) atoms. The van der Waals surface area contributed by atoms with Gasteiger partial charge >= 0.3 is 0 Å². The van der Waals surface area contributed by atoms with Crippen molar-refractivity contribution in [3.05, 3.63) is 23.8 Å². The molecule has 1 amide bonds. The molecular weight excluding hydrogens is 272 g/mol. The number of ether oxygens (including phenoxy) is 3. The fourth-order valence-electron chi connectivity index (χ4n) is 2.15. The number of hydrogen-bond donors (Lipinski definition) is 2. The molecule has 116 valence electrons. The maximum atomic E-state index is 12.0. The van der Waals surface area contributed by atoms with E-state index in [-0.39, 0.29) is 11.9 Å². The van der Waals surface area contributed by atoms with Crippen LogP contribution in [0.5, 0.6) is 11.5 Å². The second-order valence-corrected chi connectivity index (χ2v) is 4.72. The van der Waals surface area contributed by atoms with Crippen LogP contribution in [0, 0.1) is 0 Å². The third-order valence-corrected chi connectivity index (χ3v) is 3.23. The average molecular weight is 294 g/mol. The molecule has 0 radical (unpaired) electrons. The zero-order valence-corrected chi connectivity index (χ0v) is 12.5. The van der Waals surface area contributed by atoms with E-state index in [9.17, 15) is 4.79 Å². The summed E-state index contributed by atoms with van der Waals surface area (Å²) in [6.45, 7) is 4.70. The first-order chi connectivity index (χ1) is 10.2. The predicted molar refractivity (Wildman–Crippen MR) is 78.6 cm³/mol. The topological polar surface area (TPSA) is 68.8 Å². The van der Waals surface area contributed by atoms with Crippen molar-refractivity contribution < 1.29 is 19.0 Å². The minimum absolute atomic E-state index is 0.0523. The normalized spacial score (nSPS) is 18.1. The van der Waals surface area contributed by atoms with E-state index >= 15 is 0 Å². The molecule has 0 spiro atoms. The van der Waals surface area contributed by atoms with Crippen LogP contribution in [0.1, 0.15) is 12.5 Å². The third-order valence-electron chi connectivity index (χ3n) is 3.23. The van der Waals surface area contributed by atoms with E-state index in [1.807, 2.05) is 25.1 Å². The number of rotatable bonds is 6. The van der Waals surface area contributed by atoms with Crippen LogP contribution in [-0.4, -0.2) is 45.4 Å². The van der Waals surface area contributed by atoms with Crippen LogP contribution >= 0.6 is 0 Å². The van der Waals surface area contributed by atoms with Gasteiger partial charge in [-0.05, 0) is 24.6 Å². The molecule has 1 fully saturated rings. The van der Waals surface area contributed by atoms with Gasteiger partial charge in [0.15, 0.2) is 11.5 Å². The highest BCUT2D eigenvalue weighted by molar-refractivity contribution is 5.82. The number of methoxy groups -OCH3 is 1. The minimum atomic E-state index is -0.275. The molecule has 2 rings (SSSR count). The van der Waals surface area contributed by atoms with E-state index < -0.39 is 0 Å². The zero-order valence-electron chi connectivity index (χ0n) is 12.5. The first-order valence-electron chi connectivity index (χ1n) is 7.13. The number of carbonyl (C=O) groups excluding carboxylic acids is 1. The van der Waals surface area contributed by atoms with Gasteiger partial charge in [0.2, 0.25) is 5.91 Å². The first kappa shape index (κ1) is 15.6. The summed E-state index contributed by atoms with van der Waals surface area (Å²) in [6, 6.07) is 5.36. The summed E-state index contributed by atoms with van der Waals surface area (Å²) in [4.78, 5) is 12.0. The highest BCUT2D eigenvalue weighted by Crippen LogP contribution is 2.27. The van der Waals surface area contributed by atoms with E-state index in [0.29, 0.717) is 44.4 Å². The Labute approximate surface area is 124 Å². The van der Waals surface area contributed by atoms with E-state index in [1.54, 1.807) is 7.11 Å². The Kier molecular flexibility index (Phi) is 5.83. The van der Waals surface area contributed by atoms with Gasteiger partial charge < -0.3 is 24.8 Å². The Bertz CT molecular complexity index is 473.